The van der Waals surface area contributed by atoms with Crippen molar-refractivity contribution in [1.29, 1.82) is 0 Å². The molecule has 0 radical (unpaired) electrons. The number of nitrogens with one attached hydrogen (secondary N) is 1. The van der Waals surface area contributed by atoms with E-state index in [9.17, 15) is 9.59 Å². The van der Waals surface area contributed by atoms with Gasteiger partial charge in [0, 0.05) is 12.6 Å². The molecule has 1 unspecified atom stereocenters. The molecule has 1 aromatic carbocycles. The molecule has 0 spiro atoms. The number of Topliss-reactive ketones (excluding diaryl/α,β-unsaturated/α-hetero) is 1. The van der Waals surface area contributed by atoms with Crippen LogP contribution in [0.1, 0.15) is 48.8 Å². The molecule has 0 fully saturated rings. The summed E-state index contributed by atoms with van der Waals surface area (Å²) in [5.74, 6) is 1.43. The first-order valence-electron chi connectivity index (χ1n) is 8.88. The van der Waals surface area contributed by atoms with Crippen LogP contribution in [0.2, 0.25) is 0 Å². The van der Waals surface area contributed by atoms with E-state index in [-0.39, 0.29) is 17.7 Å². The Balaban J connectivity index is 1.56. The third-order valence-corrected chi connectivity index (χ3v) is 5.05. The van der Waals surface area contributed by atoms with Crippen LogP contribution in [0, 0.1) is 0 Å². The second kappa shape index (κ2) is 6.20. The zero-order valence-corrected chi connectivity index (χ0v) is 15.0. The van der Waals surface area contributed by atoms with Crippen LogP contribution in [0.25, 0.3) is 0 Å². The summed E-state index contributed by atoms with van der Waals surface area (Å²) in [6.07, 6.45) is 2.71. The maximum Gasteiger partial charge on any atom is 0.243 e. The van der Waals surface area contributed by atoms with Crippen LogP contribution in [0.3, 0.4) is 0 Å². The maximum atomic E-state index is 12.9. The molecule has 0 bridgehead atoms. The number of hydrogen-bond donors (Lipinski definition) is 1. The van der Waals surface area contributed by atoms with Gasteiger partial charge in [-0.2, -0.15) is 0 Å². The number of aromatic nitrogens is 1. The predicted octanol–water partition coefficient (Wildman–Crippen LogP) is 2.83. The van der Waals surface area contributed by atoms with Gasteiger partial charge in [-0.25, -0.2) is 0 Å². The standard InChI is InChI=1S/C20H22N2O4/c1-20(2,13-5-8-17-18(12-13)26-11-10-25-17)21-19(24)15-6-7-16(23)14-4-3-9-22(14)15/h3-5,8-9,12,15H,6-7,10-11H2,1-2H3,(H,21,24). The lowest BCUT2D eigenvalue weighted by atomic mass is 9.92. The van der Waals surface area contributed by atoms with Gasteiger partial charge in [0.25, 0.3) is 0 Å². The first-order valence-corrected chi connectivity index (χ1v) is 8.88. The van der Waals surface area contributed by atoms with Crippen molar-refractivity contribution in [1.82, 2.24) is 9.88 Å². The van der Waals surface area contributed by atoms with E-state index in [0.717, 1.165) is 11.3 Å². The third-order valence-electron chi connectivity index (χ3n) is 5.05. The third kappa shape index (κ3) is 2.85. The molecule has 3 heterocycles. The SMILES string of the molecule is CC(C)(NC(=O)C1CCC(=O)c2cccn21)c1ccc2c(c1)OCCO2. The van der Waals surface area contributed by atoms with Crippen molar-refractivity contribution in [3.63, 3.8) is 0 Å². The van der Waals surface area contributed by atoms with E-state index in [1.54, 1.807) is 16.8 Å². The number of fused-ring (bicyclic) bond motifs is 2. The molecule has 6 nitrogen and oxygen atoms in total. The molecule has 2 aliphatic heterocycles. The molecule has 4 rings (SSSR count). The highest BCUT2D eigenvalue weighted by atomic mass is 16.6. The molecule has 0 saturated carbocycles. The summed E-state index contributed by atoms with van der Waals surface area (Å²) in [6.45, 7) is 4.99. The number of rotatable bonds is 3. The highest BCUT2D eigenvalue weighted by Crippen LogP contribution is 2.35. The Kier molecular flexibility index (Phi) is 3.98. The Labute approximate surface area is 152 Å². The average molecular weight is 354 g/mol. The minimum atomic E-state index is -0.582. The smallest absolute Gasteiger partial charge is 0.243 e. The molecule has 1 atom stereocenters. The molecule has 2 aliphatic rings. The Morgan fingerprint density at radius 1 is 1.19 bits per heavy atom. The number of hydrogen-bond acceptors (Lipinski definition) is 4. The molecule has 1 aromatic heterocycles. The summed E-state index contributed by atoms with van der Waals surface area (Å²) in [5, 5.41) is 3.13. The topological polar surface area (TPSA) is 69.6 Å². The summed E-state index contributed by atoms with van der Waals surface area (Å²) >= 11 is 0. The van der Waals surface area contributed by atoms with E-state index in [4.69, 9.17) is 9.47 Å². The van der Waals surface area contributed by atoms with Crippen molar-refractivity contribution in [2.24, 2.45) is 0 Å². The number of carbonyl (C=O) groups excluding carboxylic acids is 2. The molecule has 136 valence electrons. The first kappa shape index (κ1) is 16.7. The van der Waals surface area contributed by atoms with Crippen molar-refractivity contribution in [2.45, 2.75) is 38.3 Å². The number of carbonyl (C=O) groups is 2. The van der Waals surface area contributed by atoms with Gasteiger partial charge in [-0.1, -0.05) is 6.07 Å². The van der Waals surface area contributed by atoms with E-state index < -0.39 is 5.54 Å². The largest absolute Gasteiger partial charge is 0.486 e. The number of benzene rings is 1. The van der Waals surface area contributed by atoms with Crippen molar-refractivity contribution < 1.29 is 19.1 Å². The fraction of sp³-hybridized carbons (Fsp3) is 0.400. The monoisotopic (exact) mass is 354 g/mol. The second-order valence-corrected chi connectivity index (χ2v) is 7.25. The second-order valence-electron chi connectivity index (χ2n) is 7.25. The zero-order valence-electron chi connectivity index (χ0n) is 15.0. The van der Waals surface area contributed by atoms with E-state index in [1.165, 1.54) is 0 Å². The molecule has 1 amide bonds. The summed E-state index contributed by atoms with van der Waals surface area (Å²) in [5.41, 5.74) is 0.963. The summed E-state index contributed by atoms with van der Waals surface area (Å²) in [6, 6.07) is 8.95. The quantitative estimate of drug-likeness (QED) is 0.920. The summed E-state index contributed by atoms with van der Waals surface area (Å²) < 4.78 is 13.0. The van der Waals surface area contributed by atoms with E-state index in [1.807, 2.05) is 38.1 Å². The number of ketones is 1. The predicted molar refractivity (Wildman–Crippen MR) is 95.6 cm³/mol. The van der Waals surface area contributed by atoms with E-state index >= 15 is 0 Å². The molecule has 0 aliphatic carbocycles. The molecule has 1 N–H and O–H groups in total. The highest BCUT2D eigenvalue weighted by Gasteiger charge is 2.33. The molecule has 26 heavy (non-hydrogen) atoms. The minimum Gasteiger partial charge on any atom is -0.486 e. The zero-order chi connectivity index (χ0) is 18.3. The van der Waals surface area contributed by atoms with Gasteiger partial charge in [-0.15, -0.1) is 0 Å². The Hall–Kier alpha value is -2.76. The maximum absolute atomic E-state index is 12.9. The fourth-order valence-corrected chi connectivity index (χ4v) is 3.59. The normalized spacial score (nSPS) is 19.0. The van der Waals surface area contributed by atoms with Crippen LogP contribution in [-0.4, -0.2) is 29.5 Å². The molecular weight excluding hydrogens is 332 g/mol. The molecule has 2 aromatic rings. The highest BCUT2D eigenvalue weighted by molar-refractivity contribution is 5.97. The van der Waals surface area contributed by atoms with Crippen LogP contribution >= 0.6 is 0 Å². The van der Waals surface area contributed by atoms with Crippen molar-refractivity contribution in [3.8, 4) is 11.5 Å². The van der Waals surface area contributed by atoms with Gasteiger partial charge in [0.05, 0.1) is 11.2 Å². The van der Waals surface area contributed by atoms with Crippen LogP contribution in [0.4, 0.5) is 0 Å². The van der Waals surface area contributed by atoms with Crippen LogP contribution in [0.5, 0.6) is 11.5 Å². The Morgan fingerprint density at radius 3 is 2.77 bits per heavy atom. The lowest BCUT2D eigenvalue weighted by Gasteiger charge is -2.32. The van der Waals surface area contributed by atoms with Gasteiger partial charge in [0.2, 0.25) is 5.91 Å². The van der Waals surface area contributed by atoms with Gasteiger partial charge in [-0.05, 0) is 50.1 Å². The van der Waals surface area contributed by atoms with Crippen molar-refractivity contribution >= 4 is 11.7 Å². The average Bonchev–Trinajstić information content (AvgIpc) is 3.11. The summed E-state index contributed by atoms with van der Waals surface area (Å²) in [4.78, 5) is 24.9. The summed E-state index contributed by atoms with van der Waals surface area (Å²) in [7, 11) is 0. The van der Waals surface area contributed by atoms with E-state index in [2.05, 4.69) is 5.32 Å². The van der Waals surface area contributed by atoms with Crippen molar-refractivity contribution in [3.05, 3.63) is 47.8 Å². The van der Waals surface area contributed by atoms with Crippen LogP contribution < -0.4 is 14.8 Å². The van der Waals surface area contributed by atoms with Gasteiger partial charge in [-0.3, -0.25) is 9.59 Å². The van der Waals surface area contributed by atoms with Crippen LogP contribution in [0.15, 0.2) is 36.5 Å². The van der Waals surface area contributed by atoms with Gasteiger partial charge in [0.15, 0.2) is 17.3 Å². The Bertz CT molecular complexity index is 868. The molecular formula is C20H22N2O4. The fourth-order valence-electron chi connectivity index (χ4n) is 3.59. The molecule has 0 saturated heterocycles. The van der Waals surface area contributed by atoms with E-state index in [0.29, 0.717) is 37.5 Å². The van der Waals surface area contributed by atoms with Gasteiger partial charge >= 0.3 is 0 Å². The first-order chi connectivity index (χ1) is 12.5. The lowest BCUT2D eigenvalue weighted by Crippen LogP contribution is -2.45. The lowest BCUT2D eigenvalue weighted by molar-refractivity contribution is -0.126. The van der Waals surface area contributed by atoms with Crippen LogP contribution in [-0.2, 0) is 10.3 Å². The van der Waals surface area contributed by atoms with Gasteiger partial charge < -0.3 is 19.4 Å². The Morgan fingerprint density at radius 2 is 1.96 bits per heavy atom. The number of nitrogens with zero attached hydrogens (tertiary/aromatic N) is 1. The minimum absolute atomic E-state index is 0.0881. The van der Waals surface area contributed by atoms with Gasteiger partial charge in [0.1, 0.15) is 19.3 Å². The van der Waals surface area contributed by atoms with Crippen molar-refractivity contribution in [2.75, 3.05) is 13.2 Å². The number of amides is 1. The molecule has 6 heteroatoms. The number of ether oxygens (including phenoxy) is 2.